The number of oxazole rings is 1. The van der Waals surface area contributed by atoms with Gasteiger partial charge in [0.2, 0.25) is 12.0 Å². The van der Waals surface area contributed by atoms with Crippen LogP contribution in [0, 0.1) is 0 Å². The number of carbonyl (C=O) groups is 1. The number of methoxy groups -OCH3 is 1. The van der Waals surface area contributed by atoms with E-state index in [4.69, 9.17) is 13.9 Å². The Hall–Kier alpha value is -3.02. The van der Waals surface area contributed by atoms with Gasteiger partial charge in [0.05, 0.1) is 7.11 Å². The van der Waals surface area contributed by atoms with Crippen molar-refractivity contribution in [3.8, 4) is 5.75 Å². The van der Waals surface area contributed by atoms with Crippen molar-refractivity contribution in [1.29, 1.82) is 0 Å². The minimum absolute atomic E-state index is 0.308. The zero-order valence-electron chi connectivity index (χ0n) is 12.8. The van der Waals surface area contributed by atoms with Gasteiger partial charge in [-0.05, 0) is 24.3 Å². The second kappa shape index (κ2) is 6.39. The molecule has 0 aliphatic carbocycles. The number of fused-ring (bicyclic) bond motifs is 1. The number of alkyl carbamates (subject to hydrolysis) is 1. The van der Waals surface area contributed by atoms with Crippen molar-refractivity contribution in [2.75, 3.05) is 14.2 Å². The number of aromatic nitrogens is 1. The average Bonchev–Trinajstić information content (AvgIpc) is 3.03. The van der Waals surface area contributed by atoms with Gasteiger partial charge in [-0.15, -0.1) is 0 Å². The van der Waals surface area contributed by atoms with E-state index >= 15 is 0 Å². The first kappa shape index (κ1) is 14.9. The number of nitrogens with zero attached hydrogens (tertiary/aromatic N) is 1. The Kier molecular flexibility index (Phi) is 4.14. The number of ether oxygens (including phenoxy) is 2. The van der Waals surface area contributed by atoms with Crippen LogP contribution >= 0.6 is 0 Å². The number of para-hydroxylation sites is 2. The van der Waals surface area contributed by atoms with Crippen LogP contribution in [0.25, 0.3) is 11.1 Å². The van der Waals surface area contributed by atoms with E-state index in [0.717, 1.165) is 0 Å². The summed E-state index contributed by atoms with van der Waals surface area (Å²) < 4.78 is 16.4. The molecule has 2 aromatic carbocycles. The van der Waals surface area contributed by atoms with Crippen molar-refractivity contribution < 1.29 is 18.7 Å². The summed E-state index contributed by atoms with van der Waals surface area (Å²) in [6, 6.07) is 14.6. The van der Waals surface area contributed by atoms with Gasteiger partial charge < -0.3 is 19.2 Å². The zero-order valence-corrected chi connectivity index (χ0v) is 12.8. The van der Waals surface area contributed by atoms with E-state index in [9.17, 15) is 4.79 Å². The van der Waals surface area contributed by atoms with E-state index in [0.29, 0.717) is 28.3 Å². The maximum atomic E-state index is 11.7. The molecule has 1 heterocycles. The lowest BCUT2D eigenvalue weighted by molar-refractivity contribution is 0.105. The predicted octanol–water partition coefficient (Wildman–Crippen LogP) is 3.28. The SMILES string of the molecule is CNC(=O)OC(c1cccc(OC)c1)c1nc2ccccc2o1. The van der Waals surface area contributed by atoms with Gasteiger partial charge in [-0.3, -0.25) is 0 Å². The first-order chi connectivity index (χ1) is 11.2. The standard InChI is InChI=1S/C17H16N2O4/c1-18-17(20)23-15(11-6-5-7-12(10-11)21-2)16-19-13-8-3-4-9-14(13)22-16/h3-10,15H,1-2H3,(H,18,20). The second-order valence-electron chi connectivity index (χ2n) is 4.83. The fourth-order valence-corrected chi connectivity index (χ4v) is 2.23. The van der Waals surface area contributed by atoms with Crippen LogP contribution in [-0.4, -0.2) is 25.2 Å². The summed E-state index contributed by atoms with van der Waals surface area (Å²) in [6.07, 6.45) is -1.34. The normalized spacial score (nSPS) is 11.9. The molecular weight excluding hydrogens is 296 g/mol. The number of carbonyl (C=O) groups excluding carboxylic acids is 1. The summed E-state index contributed by atoms with van der Waals surface area (Å²) in [7, 11) is 3.07. The molecular formula is C17H16N2O4. The van der Waals surface area contributed by atoms with Gasteiger partial charge >= 0.3 is 6.09 Å². The van der Waals surface area contributed by atoms with Crippen molar-refractivity contribution in [1.82, 2.24) is 10.3 Å². The molecule has 3 rings (SSSR count). The molecule has 0 fully saturated rings. The van der Waals surface area contributed by atoms with Gasteiger partial charge in [0, 0.05) is 12.6 Å². The number of rotatable bonds is 4. The van der Waals surface area contributed by atoms with Crippen LogP contribution in [0.1, 0.15) is 17.6 Å². The molecule has 0 saturated carbocycles. The van der Waals surface area contributed by atoms with E-state index < -0.39 is 12.2 Å². The third kappa shape index (κ3) is 3.11. The summed E-state index contributed by atoms with van der Waals surface area (Å²) in [4.78, 5) is 16.1. The highest BCUT2D eigenvalue weighted by molar-refractivity contribution is 5.72. The molecule has 0 saturated heterocycles. The summed E-state index contributed by atoms with van der Waals surface area (Å²) in [5, 5.41) is 2.44. The molecule has 3 aromatic rings. The summed E-state index contributed by atoms with van der Waals surface area (Å²) in [5.74, 6) is 0.965. The summed E-state index contributed by atoms with van der Waals surface area (Å²) >= 11 is 0. The quantitative estimate of drug-likeness (QED) is 0.800. The van der Waals surface area contributed by atoms with E-state index in [1.807, 2.05) is 42.5 Å². The molecule has 1 unspecified atom stereocenters. The van der Waals surface area contributed by atoms with Crippen LogP contribution in [-0.2, 0) is 4.74 Å². The lowest BCUT2D eigenvalue weighted by Crippen LogP contribution is -2.22. The topological polar surface area (TPSA) is 73.6 Å². The molecule has 1 N–H and O–H groups in total. The molecule has 0 bridgehead atoms. The van der Waals surface area contributed by atoms with E-state index in [2.05, 4.69) is 10.3 Å². The van der Waals surface area contributed by atoms with Gasteiger partial charge in [0.15, 0.2) is 5.58 Å². The van der Waals surface area contributed by atoms with Crippen molar-refractivity contribution in [3.63, 3.8) is 0 Å². The minimum atomic E-state index is -0.766. The van der Waals surface area contributed by atoms with Gasteiger partial charge in [-0.25, -0.2) is 9.78 Å². The van der Waals surface area contributed by atoms with Crippen molar-refractivity contribution in [2.45, 2.75) is 6.10 Å². The lowest BCUT2D eigenvalue weighted by Gasteiger charge is -2.15. The third-order valence-electron chi connectivity index (χ3n) is 3.36. The van der Waals surface area contributed by atoms with Crippen molar-refractivity contribution in [3.05, 3.63) is 60.0 Å². The van der Waals surface area contributed by atoms with Crippen molar-refractivity contribution in [2.24, 2.45) is 0 Å². The number of hydrogen-bond donors (Lipinski definition) is 1. The minimum Gasteiger partial charge on any atom is -0.497 e. The van der Waals surface area contributed by atoms with Gasteiger partial charge in [-0.1, -0.05) is 24.3 Å². The van der Waals surface area contributed by atoms with Crippen molar-refractivity contribution >= 4 is 17.2 Å². The monoisotopic (exact) mass is 312 g/mol. The molecule has 1 atom stereocenters. The third-order valence-corrected chi connectivity index (χ3v) is 3.36. The van der Waals surface area contributed by atoms with Crippen LogP contribution < -0.4 is 10.1 Å². The fourth-order valence-electron chi connectivity index (χ4n) is 2.23. The Morgan fingerprint density at radius 1 is 1.22 bits per heavy atom. The molecule has 0 spiro atoms. The molecule has 118 valence electrons. The highest BCUT2D eigenvalue weighted by atomic mass is 16.6. The number of benzene rings is 2. The number of nitrogens with one attached hydrogen (secondary N) is 1. The highest BCUT2D eigenvalue weighted by Crippen LogP contribution is 2.30. The van der Waals surface area contributed by atoms with Gasteiger partial charge in [-0.2, -0.15) is 0 Å². The van der Waals surface area contributed by atoms with Gasteiger partial charge in [0.1, 0.15) is 11.3 Å². The van der Waals surface area contributed by atoms with Crippen LogP contribution in [0.2, 0.25) is 0 Å². The first-order valence-corrected chi connectivity index (χ1v) is 7.09. The van der Waals surface area contributed by atoms with Crippen LogP contribution in [0.15, 0.2) is 52.9 Å². The molecule has 23 heavy (non-hydrogen) atoms. The Bertz CT molecular complexity index is 795. The Labute approximate surface area is 133 Å². The molecule has 1 amide bonds. The number of amides is 1. The summed E-state index contributed by atoms with van der Waals surface area (Å²) in [6.45, 7) is 0. The van der Waals surface area contributed by atoms with Crippen LogP contribution in [0.4, 0.5) is 4.79 Å². The molecule has 0 aliphatic rings. The molecule has 0 aliphatic heterocycles. The van der Waals surface area contributed by atoms with Crippen LogP contribution in [0.3, 0.4) is 0 Å². The first-order valence-electron chi connectivity index (χ1n) is 7.09. The highest BCUT2D eigenvalue weighted by Gasteiger charge is 2.24. The summed E-state index contributed by atoms with van der Waals surface area (Å²) in [5.41, 5.74) is 2.05. The maximum Gasteiger partial charge on any atom is 0.408 e. The van der Waals surface area contributed by atoms with Crippen LogP contribution in [0.5, 0.6) is 5.75 Å². The molecule has 0 radical (unpaired) electrons. The lowest BCUT2D eigenvalue weighted by atomic mass is 10.1. The Morgan fingerprint density at radius 3 is 2.78 bits per heavy atom. The smallest absolute Gasteiger partial charge is 0.408 e. The molecule has 6 heteroatoms. The van der Waals surface area contributed by atoms with Gasteiger partial charge in [0.25, 0.3) is 0 Å². The average molecular weight is 312 g/mol. The van der Waals surface area contributed by atoms with E-state index in [1.165, 1.54) is 7.05 Å². The zero-order chi connectivity index (χ0) is 16.2. The molecule has 6 nitrogen and oxygen atoms in total. The Balaban J connectivity index is 2.05. The number of hydrogen-bond acceptors (Lipinski definition) is 5. The second-order valence-corrected chi connectivity index (χ2v) is 4.83. The fraction of sp³-hybridized carbons (Fsp3) is 0.176. The maximum absolute atomic E-state index is 11.7. The Morgan fingerprint density at radius 2 is 2.04 bits per heavy atom. The largest absolute Gasteiger partial charge is 0.497 e. The van der Waals surface area contributed by atoms with E-state index in [-0.39, 0.29) is 0 Å². The molecule has 1 aromatic heterocycles. The van der Waals surface area contributed by atoms with E-state index in [1.54, 1.807) is 13.2 Å². The predicted molar refractivity (Wildman–Crippen MR) is 84.4 cm³/mol.